The van der Waals surface area contributed by atoms with Gasteiger partial charge in [0.05, 0.1) is 19.8 Å². The summed E-state index contributed by atoms with van der Waals surface area (Å²) < 4.78 is 11.5. The van der Waals surface area contributed by atoms with E-state index in [1.165, 1.54) is 11.1 Å². The van der Waals surface area contributed by atoms with Crippen molar-refractivity contribution in [1.82, 2.24) is 4.90 Å². The van der Waals surface area contributed by atoms with Crippen molar-refractivity contribution in [2.75, 3.05) is 31.6 Å². The molecule has 2 aromatic rings. The van der Waals surface area contributed by atoms with Crippen LogP contribution in [0.3, 0.4) is 0 Å². The zero-order valence-electron chi connectivity index (χ0n) is 16.4. The van der Waals surface area contributed by atoms with E-state index >= 15 is 0 Å². The topological polar surface area (TPSA) is 50.8 Å². The molecule has 0 bridgehead atoms. The van der Waals surface area contributed by atoms with E-state index < -0.39 is 0 Å². The van der Waals surface area contributed by atoms with Crippen molar-refractivity contribution in [3.8, 4) is 11.5 Å². The molecule has 1 amide bonds. The molecule has 0 spiro atoms. The van der Waals surface area contributed by atoms with Crippen molar-refractivity contribution >= 4 is 11.6 Å². The van der Waals surface area contributed by atoms with Crippen LogP contribution in [0.15, 0.2) is 36.4 Å². The van der Waals surface area contributed by atoms with Crippen LogP contribution in [0.2, 0.25) is 0 Å². The smallest absolute Gasteiger partial charge is 0.238 e. The fourth-order valence-corrected chi connectivity index (χ4v) is 3.40. The third-order valence-corrected chi connectivity index (χ3v) is 4.74. The number of rotatable bonds is 7. The van der Waals surface area contributed by atoms with Gasteiger partial charge in [0.15, 0.2) is 11.5 Å². The molecule has 2 aromatic carbocycles. The number of amides is 1. The number of para-hydroxylation sites is 1. The second-order valence-electron chi connectivity index (χ2n) is 6.76. The summed E-state index contributed by atoms with van der Waals surface area (Å²) in [5.41, 5.74) is 4.42. The fourth-order valence-electron chi connectivity index (χ4n) is 3.40. The highest BCUT2D eigenvalue weighted by molar-refractivity contribution is 5.92. The quantitative estimate of drug-likeness (QED) is 0.808. The van der Waals surface area contributed by atoms with Gasteiger partial charge in [-0.3, -0.25) is 9.69 Å². The summed E-state index contributed by atoms with van der Waals surface area (Å²) >= 11 is 0. The Morgan fingerprint density at radius 2 is 1.74 bits per heavy atom. The molecule has 1 N–H and O–H groups in total. The first-order valence-electron chi connectivity index (χ1n) is 9.60. The van der Waals surface area contributed by atoms with Gasteiger partial charge in [0, 0.05) is 18.8 Å². The molecule has 0 aliphatic carbocycles. The van der Waals surface area contributed by atoms with E-state index in [0.29, 0.717) is 19.8 Å². The first-order valence-corrected chi connectivity index (χ1v) is 9.60. The molecule has 144 valence electrons. The lowest BCUT2D eigenvalue weighted by atomic mass is 9.98. The third kappa shape index (κ3) is 4.80. The van der Waals surface area contributed by atoms with E-state index in [1.54, 1.807) is 0 Å². The Labute approximate surface area is 161 Å². The molecule has 0 aromatic heterocycles. The Morgan fingerprint density at radius 3 is 2.41 bits per heavy atom. The van der Waals surface area contributed by atoms with Gasteiger partial charge in [0.2, 0.25) is 5.91 Å². The molecule has 1 heterocycles. The van der Waals surface area contributed by atoms with Gasteiger partial charge in [-0.25, -0.2) is 0 Å². The van der Waals surface area contributed by atoms with Crippen molar-refractivity contribution in [2.24, 2.45) is 0 Å². The second kappa shape index (κ2) is 8.91. The molecular weight excluding hydrogens is 340 g/mol. The number of aryl methyl sites for hydroxylation is 1. The average molecular weight is 368 g/mol. The molecule has 0 atom stereocenters. The molecule has 1 aliphatic heterocycles. The van der Waals surface area contributed by atoms with E-state index in [4.69, 9.17) is 9.47 Å². The average Bonchev–Trinajstić information content (AvgIpc) is 2.64. The minimum absolute atomic E-state index is 0.0173. The second-order valence-corrected chi connectivity index (χ2v) is 6.76. The van der Waals surface area contributed by atoms with Gasteiger partial charge in [0.25, 0.3) is 0 Å². The highest BCUT2D eigenvalue weighted by Gasteiger charge is 2.21. The van der Waals surface area contributed by atoms with Gasteiger partial charge in [-0.05, 0) is 62.1 Å². The van der Waals surface area contributed by atoms with E-state index in [2.05, 4.69) is 22.3 Å². The number of anilines is 1. The van der Waals surface area contributed by atoms with E-state index in [9.17, 15) is 4.79 Å². The lowest BCUT2D eigenvalue weighted by Gasteiger charge is -2.29. The largest absolute Gasteiger partial charge is 0.490 e. The van der Waals surface area contributed by atoms with Gasteiger partial charge < -0.3 is 14.8 Å². The summed E-state index contributed by atoms with van der Waals surface area (Å²) in [6.07, 6.45) is 0.902. The monoisotopic (exact) mass is 368 g/mol. The Balaban J connectivity index is 1.67. The summed E-state index contributed by atoms with van der Waals surface area (Å²) in [5, 5.41) is 3.01. The van der Waals surface area contributed by atoms with E-state index in [0.717, 1.165) is 42.3 Å². The molecule has 0 unspecified atom stereocenters. The van der Waals surface area contributed by atoms with Crippen molar-refractivity contribution in [3.05, 3.63) is 53.1 Å². The SMILES string of the molecule is CCOc1cc2c(cc1OCC)CN(CC(=O)Nc1ccccc1C)CC2. The van der Waals surface area contributed by atoms with Crippen LogP contribution in [-0.2, 0) is 17.8 Å². The number of nitrogens with one attached hydrogen (secondary N) is 1. The van der Waals surface area contributed by atoms with Crippen LogP contribution in [0, 0.1) is 6.92 Å². The van der Waals surface area contributed by atoms with Crippen LogP contribution in [0.25, 0.3) is 0 Å². The standard InChI is InChI=1S/C22H28N2O3/c1-4-26-20-12-17-10-11-24(14-18(17)13-21(20)27-5-2)15-22(25)23-19-9-7-6-8-16(19)3/h6-9,12-13H,4-5,10-11,14-15H2,1-3H3,(H,23,25). The van der Waals surface area contributed by atoms with Crippen molar-refractivity contribution in [2.45, 2.75) is 33.7 Å². The number of hydrogen-bond donors (Lipinski definition) is 1. The van der Waals surface area contributed by atoms with Crippen molar-refractivity contribution < 1.29 is 14.3 Å². The number of carbonyl (C=O) groups is 1. The third-order valence-electron chi connectivity index (χ3n) is 4.74. The lowest BCUT2D eigenvalue weighted by Crippen LogP contribution is -2.37. The molecule has 3 rings (SSSR count). The Morgan fingerprint density at radius 1 is 1.07 bits per heavy atom. The molecule has 0 saturated heterocycles. The maximum atomic E-state index is 12.5. The van der Waals surface area contributed by atoms with Gasteiger partial charge in [-0.1, -0.05) is 18.2 Å². The van der Waals surface area contributed by atoms with Crippen LogP contribution in [0.1, 0.15) is 30.5 Å². The summed E-state index contributed by atoms with van der Waals surface area (Å²) in [4.78, 5) is 14.6. The predicted octanol–water partition coefficient (Wildman–Crippen LogP) is 3.79. The summed E-state index contributed by atoms with van der Waals surface area (Å²) in [6, 6.07) is 12.0. The highest BCUT2D eigenvalue weighted by Crippen LogP contribution is 2.33. The number of fused-ring (bicyclic) bond motifs is 1. The normalized spacial score (nSPS) is 13.7. The summed E-state index contributed by atoms with van der Waals surface area (Å²) in [7, 11) is 0. The number of ether oxygens (including phenoxy) is 2. The van der Waals surface area contributed by atoms with Crippen molar-refractivity contribution in [3.63, 3.8) is 0 Å². The first kappa shape index (κ1) is 19.2. The molecule has 0 saturated carbocycles. The van der Waals surface area contributed by atoms with E-state index in [-0.39, 0.29) is 5.91 Å². The molecule has 5 nitrogen and oxygen atoms in total. The minimum atomic E-state index is 0.0173. The lowest BCUT2D eigenvalue weighted by molar-refractivity contribution is -0.117. The zero-order chi connectivity index (χ0) is 19.2. The van der Waals surface area contributed by atoms with Crippen LogP contribution in [-0.4, -0.2) is 37.1 Å². The Hall–Kier alpha value is -2.53. The Kier molecular flexibility index (Phi) is 6.35. The van der Waals surface area contributed by atoms with Crippen LogP contribution in [0.5, 0.6) is 11.5 Å². The molecule has 5 heteroatoms. The Bertz CT molecular complexity index is 804. The number of nitrogens with zero attached hydrogens (tertiary/aromatic N) is 1. The maximum absolute atomic E-state index is 12.5. The molecule has 1 aliphatic rings. The molecule has 0 radical (unpaired) electrons. The van der Waals surface area contributed by atoms with Crippen LogP contribution in [0.4, 0.5) is 5.69 Å². The highest BCUT2D eigenvalue weighted by atomic mass is 16.5. The minimum Gasteiger partial charge on any atom is -0.490 e. The zero-order valence-corrected chi connectivity index (χ0v) is 16.4. The van der Waals surface area contributed by atoms with Crippen LogP contribution < -0.4 is 14.8 Å². The van der Waals surface area contributed by atoms with Gasteiger partial charge in [0.1, 0.15) is 0 Å². The molecule has 27 heavy (non-hydrogen) atoms. The first-order chi connectivity index (χ1) is 13.1. The van der Waals surface area contributed by atoms with Crippen LogP contribution >= 0.6 is 0 Å². The maximum Gasteiger partial charge on any atom is 0.238 e. The summed E-state index contributed by atoms with van der Waals surface area (Å²) in [5.74, 6) is 1.61. The predicted molar refractivity (Wildman–Crippen MR) is 108 cm³/mol. The van der Waals surface area contributed by atoms with Gasteiger partial charge in [-0.15, -0.1) is 0 Å². The fraction of sp³-hybridized carbons (Fsp3) is 0.409. The number of carbonyl (C=O) groups excluding carboxylic acids is 1. The van der Waals surface area contributed by atoms with Gasteiger partial charge >= 0.3 is 0 Å². The van der Waals surface area contributed by atoms with E-state index in [1.807, 2.05) is 45.0 Å². The van der Waals surface area contributed by atoms with Gasteiger partial charge in [-0.2, -0.15) is 0 Å². The number of hydrogen-bond acceptors (Lipinski definition) is 4. The van der Waals surface area contributed by atoms with Crippen molar-refractivity contribution in [1.29, 1.82) is 0 Å². The molecule has 0 fully saturated rings. The number of benzene rings is 2. The molecular formula is C22H28N2O3. The summed E-state index contributed by atoms with van der Waals surface area (Å²) in [6.45, 7) is 9.13.